The largest absolute Gasteiger partial charge is 0.494 e. The lowest BCUT2D eigenvalue weighted by Gasteiger charge is -2.07. The Labute approximate surface area is 115 Å². The van der Waals surface area contributed by atoms with Crippen LogP contribution < -0.4 is 4.74 Å². The molecule has 0 fully saturated rings. The minimum Gasteiger partial charge on any atom is -0.494 e. The fraction of sp³-hybridized carbons (Fsp3) is 0.214. The van der Waals surface area contributed by atoms with Gasteiger partial charge in [-0.15, -0.1) is 0 Å². The number of carboxylic acids is 1. The maximum Gasteiger partial charge on any atom is 0.339 e. The molecule has 0 amide bonds. The van der Waals surface area contributed by atoms with Crippen molar-refractivity contribution in [1.29, 1.82) is 0 Å². The summed E-state index contributed by atoms with van der Waals surface area (Å²) < 4.78 is 18.3. The number of aryl methyl sites for hydroxylation is 1. The fourth-order valence-corrected chi connectivity index (χ4v) is 1.80. The molecule has 2 rings (SSSR count). The van der Waals surface area contributed by atoms with Gasteiger partial charge in [-0.05, 0) is 24.6 Å². The molecule has 0 aliphatic rings. The van der Waals surface area contributed by atoms with Crippen LogP contribution in [0.1, 0.15) is 23.0 Å². The molecule has 0 spiro atoms. The minimum atomic E-state index is -1.06. The van der Waals surface area contributed by atoms with Gasteiger partial charge < -0.3 is 9.84 Å². The summed E-state index contributed by atoms with van der Waals surface area (Å²) in [7, 11) is 1.37. The second-order valence-corrected chi connectivity index (χ2v) is 4.06. The van der Waals surface area contributed by atoms with Gasteiger partial charge in [-0.2, -0.15) is 0 Å². The highest BCUT2D eigenvalue weighted by atomic mass is 19.1. The number of ether oxygens (including phenoxy) is 1. The lowest BCUT2D eigenvalue weighted by molar-refractivity contribution is 0.0694. The number of aromatic carboxylic acids is 1. The Morgan fingerprint density at radius 3 is 2.80 bits per heavy atom. The average molecular weight is 276 g/mol. The van der Waals surface area contributed by atoms with Gasteiger partial charge in [0.25, 0.3) is 0 Å². The van der Waals surface area contributed by atoms with Gasteiger partial charge in [-0.3, -0.25) is 0 Å². The molecule has 0 aliphatic heterocycles. The minimum absolute atomic E-state index is 0.0744. The first-order valence-electron chi connectivity index (χ1n) is 6.00. The molecule has 0 unspecified atom stereocenters. The van der Waals surface area contributed by atoms with Crippen molar-refractivity contribution in [3.63, 3.8) is 0 Å². The van der Waals surface area contributed by atoms with E-state index < -0.39 is 11.8 Å². The molecule has 1 aromatic carbocycles. The third kappa shape index (κ3) is 2.59. The van der Waals surface area contributed by atoms with Crippen molar-refractivity contribution < 1.29 is 19.0 Å². The van der Waals surface area contributed by atoms with Crippen molar-refractivity contribution in [1.82, 2.24) is 9.97 Å². The second-order valence-electron chi connectivity index (χ2n) is 4.06. The number of methoxy groups -OCH3 is 1. The summed E-state index contributed by atoms with van der Waals surface area (Å²) in [4.78, 5) is 19.3. The number of benzene rings is 1. The number of aromatic nitrogens is 2. The van der Waals surface area contributed by atoms with Crippen LogP contribution >= 0.6 is 0 Å². The molecule has 0 saturated heterocycles. The molecule has 1 heterocycles. The molecule has 0 atom stereocenters. The Kier molecular flexibility index (Phi) is 3.93. The standard InChI is InChI=1S/C14H13FN2O3/c1-3-11-9(14(18)19)7-16-13(17-11)8-4-5-10(15)12(6-8)20-2/h4-7H,3H2,1-2H3,(H,18,19). The number of hydrogen-bond donors (Lipinski definition) is 1. The van der Waals surface area contributed by atoms with Gasteiger partial charge in [-0.25, -0.2) is 19.2 Å². The molecule has 20 heavy (non-hydrogen) atoms. The van der Waals surface area contributed by atoms with Crippen LogP contribution in [0.2, 0.25) is 0 Å². The van der Waals surface area contributed by atoms with Crippen LogP contribution in [0, 0.1) is 5.82 Å². The molecular weight excluding hydrogens is 263 g/mol. The molecule has 2 aromatic rings. The van der Waals surface area contributed by atoms with E-state index in [1.807, 2.05) is 6.92 Å². The highest BCUT2D eigenvalue weighted by Crippen LogP contribution is 2.24. The van der Waals surface area contributed by atoms with E-state index in [1.54, 1.807) is 0 Å². The molecule has 6 heteroatoms. The second kappa shape index (κ2) is 5.64. The molecule has 0 radical (unpaired) electrons. The van der Waals surface area contributed by atoms with Crippen molar-refractivity contribution in [3.8, 4) is 17.1 Å². The van der Waals surface area contributed by atoms with E-state index in [9.17, 15) is 9.18 Å². The fourth-order valence-electron chi connectivity index (χ4n) is 1.80. The number of carboxylic acid groups (broad SMARTS) is 1. The van der Waals surface area contributed by atoms with Crippen molar-refractivity contribution >= 4 is 5.97 Å². The van der Waals surface area contributed by atoms with Gasteiger partial charge in [-0.1, -0.05) is 6.92 Å². The summed E-state index contributed by atoms with van der Waals surface area (Å²) in [5.41, 5.74) is 1.08. The smallest absolute Gasteiger partial charge is 0.339 e. The maximum atomic E-state index is 13.4. The summed E-state index contributed by atoms with van der Waals surface area (Å²) in [6.07, 6.45) is 1.73. The van der Waals surface area contributed by atoms with E-state index in [0.717, 1.165) is 0 Å². The first-order chi connectivity index (χ1) is 9.56. The predicted octanol–water partition coefficient (Wildman–Crippen LogP) is 2.55. The molecule has 0 saturated carbocycles. The van der Waals surface area contributed by atoms with Crippen LogP contribution in [0.25, 0.3) is 11.4 Å². The zero-order valence-electron chi connectivity index (χ0n) is 11.1. The first-order valence-corrected chi connectivity index (χ1v) is 6.00. The number of carbonyl (C=O) groups is 1. The molecule has 0 bridgehead atoms. The van der Waals surface area contributed by atoms with Gasteiger partial charge in [0.2, 0.25) is 0 Å². The van der Waals surface area contributed by atoms with Crippen LogP contribution in [0.5, 0.6) is 5.75 Å². The maximum absolute atomic E-state index is 13.4. The first kappa shape index (κ1) is 13.9. The van der Waals surface area contributed by atoms with E-state index in [2.05, 4.69) is 9.97 Å². The third-order valence-electron chi connectivity index (χ3n) is 2.84. The van der Waals surface area contributed by atoms with E-state index in [0.29, 0.717) is 23.5 Å². The van der Waals surface area contributed by atoms with E-state index >= 15 is 0 Å². The topological polar surface area (TPSA) is 72.3 Å². The number of halogens is 1. The lowest BCUT2D eigenvalue weighted by Crippen LogP contribution is -2.06. The highest BCUT2D eigenvalue weighted by molar-refractivity contribution is 5.88. The Bertz CT molecular complexity index is 659. The summed E-state index contributed by atoms with van der Waals surface area (Å²) in [5.74, 6) is -1.11. The van der Waals surface area contributed by atoms with Crippen molar-refractivity contribution in [2.75, 3.05) is 7.11 Å². The van der Waals surface area contributed by atoms with Gasteiger partial charge in [0, 0.05) is 11.8 Å². The Morgan fingerprint density at radius 1 is 1.45 bits per heavy atom. The van der Waals surface area contributed by atoms with Gasteiger partial charge in [0.05, 0.1) is 18.4 Å². The monoisotopic (exact) mass is 276 g/mol. The average Bonchev–Trinajstić information content (AvgIpc) is 2.46. The molecule has 5 nitrogen and oxygen atoms in total. The van der Waals surface area contributed by atoms with Crippen LogP contribution in [0.15, 0.2) is 24.4 Å². The quantitative estimate of drug-likeness (QED) is 0.929. The summed E-state index contributed by atoms with van der Waals surface area (Å²) in [5, 5.41) is 9.03. The van der Waals surface area contributed by atoms with Crippen molar-refractivity contribution in [3.05, 3.63) is 41.5 Å². The van der Waals surface area contributed by atoms with E-state index in [-0.39, 0.29) is 11.3 Å². The van der Waals surface area contributed by atoms with Crippen LogP contribution in [-0.2, 0) is 6.42 Å². The summed E-state index contributed by atoms with van der Waals surface area (Å²) in [6, 6.07) is 4.26. The molecule has 104 valence electrons. The van der Waals surface area contributed by atoms with Crippen LogP contribution in [0.3, 0.4) is 0 Å². The third-order valence-corrected chi connectivity index (χ3v) is 2.84. The van der Waals surface area contributed by atoms with Crippen molar-refractivity contribution in [2.45, 2.75) is 13.3 Å². The van der Waals surface area contributed by atoms with Gasteiger partial charge >= 0.3 is 5.97 Å². The lowest BCUT2D eigenvalue weighted by atomic mass is 10.1. The summed E-state index contributed by atoms with van der Waals surface area (Å²) in [6.45, 7) is 1.81. The SMILES string of the molecule is CCc1nc(-c2ccc(F)c(OC)c2)ncc1C(=O)O. The van der Waals surface area contributed by atoms with Crippen LogP contribution in [-0.4, -0.2) is 28.2 Å². The van der Waals surface area contributed by atoms with Gasteiger partial charge in [0.1, 0.15) is 0 Å². The Balaban J connectivity index is 2.50. The van der Waals surface area contributed by atoms with E-state index in [4.69, 9.17) is 9.84 Å². The normalized spacial score (nSPS) is 10.3. The van der Waals surface area contributed by atoms with Crippen molar-refractivity contribution in [2.24, 2.45) is 0 Å². The van der Waals surface area contributed by atoms with Crippen LogP contribution in [0.4, 0.5) is 4.39 Å². The zero-order chi connectivity index (χ0) is 14.7. The molecule has 0 aliphatic carbocycles. The zero-order valence-corrected chi connectivity index (χ0v) is 11.1. The molecule has 1 aromatic heterocycles. The predicted molar refractivity (Wildman–Crippen MR) is 70.3 cm³/mol. The molecule has 1 N–H and O–H groups in total. The van der Waals surface area contributed by atoms with E-state index in [1.165, 1.54) is 31.5 Å². The van der Waals surface area contributed by atoms with Gasteiger partial charge in [0.15, 0.2) is 17.4 Å². The Morgan fingerprint density at radius 2 is 2.20 bits per heavy atom. The number of hydrogen-bond acceptors (Lipinski definition) is 4. The Hall–Kier alpha value is -2.50. The number of nitrogens with zero attached hydrogens (tertiary/aromatic N) is 2. The summed E-state index contributed by atoms with van der Waals surface area (Å²) >= 11 is 0. The number of rotatable bonds is 4. The molecular formula is C14H13FN2O3. The highest BCUT2D eigenvalue weighted by Gasteiger charge is 2.14.